The molecular weight excluding hydrogens is 484 g/mol. The van der Waals surface area contributed by atoms with Crippen LogP contribution in [-0.2, 0) is 14.8 Å². The predicted octanol–water partition coefficient (Wildman–Crippen LogP) is 6.54. The maximum atomic E-state index is 12.9. The molecule has 0 aliphatic heterocycles. The molecule has 1 heterocycles. The second-order valence-corrected chi connectivity index (χ2v) is 10.4. The number of benzene rings is 3. The van der Waals surface area contributed by atoms with Gasteiger partial charge in [-0.15, -0.1) is 0 Å². The number of aryl methyl sites for hydroxylation is 1. The van der Waals surface area contributed by atoms with Crippen LogP contribution in [0.2, 0.25) is 0 Å². The number of carbonyl (C=O) groups is 1. The fourth-order valence-corrected chi connectivity index (χ4v) is 5.14. The average Bonchev–Trinajstić information content (AvgIpc) is 2.90. The molecule has 3 aromatic carbocycles. The molecule has 6 nitrogen and oxygen atoms in total. The quantitative estimate of drug-likeness (QED) is 0.235. The smallest absolute Gasteiger partial charge is 0.303 e. The lowest BCUT2D eigenvalue weighted by Crippen LogP contribution is -2.13. The molecule has 37 heavy (non-hydrogen) atoms. The molecular formula is C30H28N2O4S. The first-order valence-electron chi connectivity index (χ1n) is 12.0. The minimum atomic E-state index is -3.72. The Kier molecular flexibility index (Phi) is 8.15. The third kappa shape index (κ3) is 6.71. The van der Waals surface area contributed by atoms with Gasteiger partial charge in [0, 0.05) is 24.4 Å². The van der Waals surface area contributed by atoms with Crippen molar-refractivity contribution in [1.29, 1.82) is 0 Å². The zero-order chi connectivity index (χ0) is 26.3. The largest absolute Gasteiger partial charge is 0.481 e. The zero-order valence-electron chi connectivity index (χ0n) is 20.5. The molecule has 0 aliphatic carbocycles. The van der Waals surface area contributed by atoms with Crippen molar-refractivity contribution in [2.75, 3.05) is 4.72 Å². The Hall–Kier alpha value is -4.23. The first-order chi connectivity index (χ1) is 17.8. The summed E-state index contributed by atoms with van der Waals surface area (Å²) < 4.78 is 28.5. The van der Waals surface area contributed by atoms with Gasteiger partial charge in [0.2, 0.25) is 0 Å². The Bertz CT molecular complexity index is 1510. The number of carboxylic acids is 1. The van der Waals surface area contributed by atoms with Crippen LogP contribution in [-0.4, -0.2) is 24.5 Å². The number of carboxylic acid groups (broad SMARTS) is 1. The van der Waals surface area contributed by atoms with Gasteiger partial charge < -0.3 is 5.11 Å². The van der Waals surface area contributed by atoms with Crippen LogP contribution in [0, 0.1) is 6.92 Å². The van der Waals surface area contributed by atoms with Crippen molar-refractivity contribution >= 4 is 27.3 Å². The molecule has 4 aromatic rings. The van der Waals surface area contributed by atoms with Gasteiger partial charge in [-0.1, -0.05) is 60.7 Å². The van der Waals surface area contributed by atoms with Crippen molar-refractivity contribution in [2.45, 2.75) is 31.1 Å². The van der Waals surface area contributed by atoms with E-state index in [0.29, 0.717) is 18.5 Å². The van der Waals surface area contributed by atoms with Crippen LogP contribution < -0.4 is 4.72 Å². The van der Waals surface area contributed by atoms with E-state index in [4.69, 9.17) is 5.11 Å². The van der Waals surface area contributed by atoms with E-state index in [1.807, 2.05) is 61.5 Å². The molecule has 7 heteroatoms. The number of pyridine rings is 1. The highest BCUT2D eigenvalue weighted by Gasteiger charge is 2.15. The maximum absolute atomic E-state index is 12.9. The van der Waals surface area contributed by atoms with E-state index in [2.05, 4.69) is 9.71 Å². The molecule has 0 atom stereocenters. The average molecular weight is 513 g/mol. The minimum Gasteiger partial charge on any atom is -0.481 e. The third-order valence-electron chi connectivity index (χ3n) is 5.98. The molecule has 0 amide bonds. The van der Waals surface area contributed by atoms with Gasteiger partial charge in [-0.3, -0.25) is 14.5 Å². The van der Waals surface area contributed by atoms with Gasteiger partial charge in [0.05, 0.1) is 10.6 Å². The number of anilines is 1. The molecule has 0 fully saturated rings. The fourth-order valence-electron chi connectivity index (χ4n) is 4.01. The number of nitrogens with one attached hydrogen (secondary N) is 1. The van der Waals surface area contributed by atoms with E-state index in [1.54, 1.807) is 48.8 Å². The second-order valence-electron chi connectivity index (χ2n) is 8.67. The second kappa shape index (κ2) is 11.7. The number of nitrogens with zero attached hydrogens (tertiary/aromatic N) is 1. The molecule has 2 N–H and O–H groups in total. The Balaban J connectivity index is 1.60. The summed E-state index contributed by atoms with van der Waals surface area (Å²) in [6, 6.07) is 25.9. The van der Waals surface area contributed by atoms with Gasteiger partial charge in [0.25, 0.3) is 10.0 Å². The van der Waals surface area contributed by atoms with Gasteiger partial charge in [0.1, 0.15) is 0 Å². The highest BCUT2D eigenvalue weighted by Crippen LogP contribution is 2.29. The number of allylic oxidation sites excluding steroid dienone is 1. The van der Waals surface area contributed by atoms with Crippen LogP contribution in [0.1, 0.15) is 36.0 Å². The molecule has 0 bridgehead atoms. The number of hydrogen-bond donors (Lipinski definition) is 2. The standard InChI is InChI=1S/C30H28N2O4S/c1-22-8-2-4-13-29(22)32-37(35,36)27-17-15-23(16-18-27)24-9-6-10-25(20-24)28(12-3-5-14-30(33)34)26-11-7-19-31-21-26/h2,4,6-13,15-21,32H,3,5,14H2,1H3,(H,33,34). The number of hydrogen-bond acceptors (Lipinski definition) is 4. The molecule has 0 unspecified atom stereocenters. The van der Waals surface area contributed by atoms with Crippen molar-refractivity contribution in [3.63, 3.8) is 0 Å². The predicted molar refractivity (Wildman–Crippen MR) is 147 cm³/mol. The Morgan fingerprint density at radius 2 is 1.68 bits per heavy atom. The maximum Gasteiger partial charge on any atom is 0.303 e. The highest BCUT2D eigenvalue weighted by molar-refractivity contribution is 7.92. The molecule has 1 aromatic heterocycles. The zero-order valence-corrected chi connectivity index (χ0v) is 21.3. The molecule has 0 radical (unpaired) electrons. The van der Waals surface area contributed by atoms with Crippen molar-refractivity contribution in [2.24, 2.45) is 0 Å². The van der Waals surface area contributed by atoms with Crippen LogP contribution in [0.3, 0.4) is 0 Å². The van der Waals surface area contributed by atoms with Crippen LogP contribution in [0.25, 0.3) is 16.7 Å². The Morgan fingerprint density at radius 1 is 0.919 bits per heavy atom. The van der Waals surface area contributed by atoms with E-state index in [1.165, 1.54) is 0 Å². The first-order valence-corrected chi connectivity index (χ1v) is 13.4. The Morgan fingerprint density at radius 3 is 2.38 bits per heavy atom. The van der Waals surface area contributed by atoms with Gasteiger partial charge >= 0.3 is 5.97 Å². The summed E-state index contributed by atoms with van der Waals surface area (Å²) in [6.07, 6.45) is 6.84. The fraction of sp³-hybridized carbons (Fsp3) is 0.133. The van der Waals surface area contributed by atoms with E-state index in [-0.39, 0.29) is 11.3 Å². The molecule has 0 saturated carbocycles. The molecule has 0 aliphatic rings. The van der Waals surface area contributed by atoms with Crippen LogP contribution >= 0.6 is 0 Å². The van der Waals surface area contributed by atoms with Crippen molar-refractivity contribution in [3.8, 4) is 11.1 Å². The lowest BCUT2D eigenvalue weighted by atomic mass is 9.94. The number of para-hydroxylation sites is 1. The lowest BCUT2D eigenvalue weighted by Gasteiger charge is -2.12. The van der Waals surface area contributed by atoms with Crippen LogP contribution in [0.15, 0.2) is 108 Å². The number of rotatable bonds is 10. The molecule has 4 rings (SSSR count). The molecule has 188 valence electrons. The SMILES string of the molecule is Cc1ccccc1NS(=O)(=O)c1ccc(-c2cccc(C(=CCCCC(=O)O)c3cccnc3)c2)cc1. The summed E-state index contributed by atoms with van der Waals surface area (Å²) in [6.45, 7) is 1.86. The summed E-state index contributed by atoms with van der Waals surface area (Å²) in [5.74, 6) is -0.808. The topological polar surface area (TPSA) is 96.4 Å². The summed E-state index contributed by atoms with van der Waals surface area (Å²) in [5, 5.41) is 8.96. The van der Waals surface area contributed by atoms with Crippen molar-refractivity contribution in [1.82, 2.24) is 4.98 Å². The normalized spacial score (nSPS) is 11.8. The van der Waals surface area contributed by atoms with E-state index >= 15 is 0 Å². The van der Waals surface area contributed by atoms with Gasteiger partial charge in [0.15, 0.2) is 0 Å². The first kappa shape index (κ1) is 25.9. The van der Waals surface area contributed by atoms with Gasteiger partial charge in [-0.2, -0.15) is 0 Å². The lowest BCUT2D eigenvalue weighted by molar-refractivity contribution is -0.137. The monoisotopic (exact) mass is 512 g/mol. The Labute approximate surface area is 217 Å². The number of unbranched alkanes of at least 4 members (excludes halogenated alkanes) is 1. The third-order valence-corrected chi connectivity index (χ3v) is 7.36. The number of aliphatic carboxylic acids is 1. The molecule has 0 saturated heterocycles. The van der Waals surface area contributed by atoms with Crippen LogP contribution in [0.4, 0.5) is 5.69 Å². The van der Waals surface area contributed by atoms with E-state index in [9.17, 15) is 13.2 Å². The van der Waals surface area contributed by atoms with E-state index < -0.39 is 16.0 Å². The summed E-state index contributed by atoms with van der Waals surface area (Å²) in [4.78, 5) is 15.3. The molecule has 0 spiro atoms. The van der Waals surface area contributed by atoms with Crippen LogP contribution in [0.5, 0.6) is 0 Å². The minimum absolute atomic E-state index is 0.116. The summed E-state index contributed by atoms with van der Waals surface area (Å²) in [5.41, 5.74) is 6.11. The van der Waals surface area contributed by atoms with Crippen molar-refractivity contribution in [3.05, 3.63) is 120 Å². The van der Waals surface area contributed by atoms with Gasteiger partial charge in [-0.05, 0) is 77.9 Å². The van der Waals surface area contributed by atoms with E-state index in [0.717, 1.165) is 33.4 Å². The van der Waals surface area contributed by atoms with Gasteiger partial charge in [-0.25, -0.2) is 8.42 Å². The summed E-state index contributed by atoms with van der Waals surface area (Å²) >= 11 is 0. The number of sulfonamides is 1. The summed E-state index contributed by atoms with van der Waals surface area (Å²) in [7, 11) is -3.72. The highest BCUT2D eigenvalue weighted by atomic mass is 32.2. The van der Waals surface area contributed by atoms with Crippen molar-refractivity contribution < 1.29 is 18.3 Å². The number of aromatic nitrogens is 1.